The van der Waals surface area contributed by atoms with Crippen LogP contribution >= 0.6 is 11.3 Å². The number of aliphatic hydroxyl groups is 1. The molecular formula is C12H13FN4O2S. The van der Waals surface area contributed by atoms with Gasteiger partial charge in [0.05, 0.1) is 6.10 Å². The van der Waals surface area contributed by atoms with E-state index in [-0.39, 0.29) is 12.4 Å². The van der Waals surface area contributed by atoms with Crippen LogP contribution in [-0.4, -0.2) is 27.9 Å². The van der Waals surface area contributed by atoms with Gasteiger partial charge in [-0.1, -0.05) is 23.5 Å². The fourth-order valence-corrected chi connectivity index (χ4v) is 2.07. The summed E-state index contributed by atoms with van der Waals surface area (Å²) >= 11 is 1.25. The maximum absolute atomic E-state index is 12.7. The molecule has 1 atom stereocenters. The number of aryl methyl sites for hydroxylation is 1. The van der Waals surface area contributed by atoms with E-state index in [1.165, 1.54) is 35.6 Å². The van der Waals surface area contributed by atoms with E-state index in [2.05, 4.69) is 20.8 Å². The largest absolute Gasteiger partial charge is 0.387 e. The van der Waals surface area contributed by atoms with Crippen molar-refractivity contribution < 1.29 is 14.3 Å². The van der Waals surface area contributed by atoms with Crippen molar-refractivity contribution in [1.29, 1.82) is 0 Å². The summed E-state index contributed by atoms with van der Waals surface area (Å²) in [6.07, 6.45) is -0.905. The molecule has 0 bridgehead atoms. The van der Waals surface area contributed by atoms with Crippen molar-refractivity contribution in [2.24, 2.45) is 0 Å². The molecule has 2 aromatic rings. The molecule has 0 aliphatic rings. The molecule has 6 nitrogen and oxygen atoms in total. The fraction of sp³-hybridized carbons (Fsp3) is 0.250. The fourth-order valence-electron chi connectivity index (χ4n) is 1.48. The van der Waals surface area contributed by atoms with Crippen LogP contribution in [-0.2, 0) is 0 Å². The van der Waals surface area contributed by atoms with E-state index in [0.29, 0.717) is 10.7 Å². The second-order valence-corrected chi connectivity index (χ2v) is 5.21. The summed E-state index contributed by atoms with van der Waals surface area (Å²) in [5.41, 5.74) is 0.526. The van der Waals surface area contributed by atoms with E-state index in [4.69, 9.17) is 0 Å². The van der Waals surface area contributed by atoms with Crippen molar-refractivity contribution in [3.05, 3.63) is 40.7 Å². The van der Waals surface area contributed by atoms with Crippen molar-refractivity contribution >= 4 is 22.5 Å². The van der Waals surface area contributed by atoms with E-state index in [1.54, 1.807) is 6.92 Å². The van der Waals surface area contributed by atoms with Gasteiger partial charge in [-0.15, -0.1) is 10.2 Å². The van der Waals surface area contributed by atoms with Crippen LogP contribution in [0.2, 0.25) is 0 Å². The van der Waals surface area contributed by atoms with Gasteiger partial charge in [0.15, 0.2) is 0 Å². The van der Waals surface area contributed by atoms with Gasteiger partial charge >= 0.3 is 6.03 Å². The molecule has 3 N–H and O–H groups in total. The minimum Gasteiger partial charge on any atom is -0.387 e. The minimum atomic E-state index is -0.905. The molecule has 1 heterocycles. The van der Waals surface area contributed by atoms with Crippen molar-refractivity contribution in [3.63, 3.8) is 0 Å². The van der Waals surface area contributed by atoms with Crippen molar-refractivity contribution in [2.75, 3.05) is 11.9 Å². The highest BCUT2D eigenvalue weighted by molar-refractivity contribution is 7.15. The van der Waals surface area contributed by atoms with Crippen LogP contribution < -0.4 is 10.6 Å². The number of halogens is 1. The van der Waals surface area contributed by atoms with E-state index < -0.39 is 12.1 Å². The molecule has 0 radical (unpaired) electrons. The maximum atomic E-state index is 12.7. The summed E-state index contributed by atoms with van der Waals surface area (Å²) < 4.78 is 12.7. The summed E-state index contributed by atoms with van der Waals surface area (Å²) in [5, 5.41) is 23.5. The van der Waals surface area contributed by atoms with E-state index in [1.807, 2.05) is 0 Å². The Labute approximate surface area is 118 Å². The summed E-state index contributed by atoms with van der Waals surface area (Å²) in [7, 11) is 0. The molecular weight excluding hydrogens is 283 g/mol. The third-order valence-electron chi connectivity index (χ3n) is 2.46. The zero-order valence-electron chi connectivity index (χ0n) is 10.6. The standard InChI is InChI=1S/C12H13FN4O2S/c1-7-16-17-12(20-7)15-11(19)14-6-10(18)8-2-4-9(13)5-3-8/h2-5,10,18H,6H2,1H3,(H2,14,15,17,19)/t10-/m1/s1. The van der Waals surface area contributed by atoms with Crippen LogP contribution in [0.4, 0.5) is 14.3 Å². The number of benzene rings is 1. The predicted molar refractivity (Wildman–Crippen MR) is 73.0 cm³/mol. The predicted octanol–water partition coefficient (Wildman–Crippen LogP) is 1.84. The van der Waals surface area contributed by atoms with Crippen LogP contribution in [0.15, 0.2) is 24.3 Å². The Bertz CT molecular complexity index is 587. The van der Waals surface area contributed by atoms with Crippen LogP contribution in [0.5, 0.6) is 0 Å². The lowest BCUT2D eigenvalue weighted by molar-refractivity contribution is 0.175. The molecule has 0 saturated heterocycles. The average molecular weight is 296 g/mol. The zero-order valence-corrected chi connectivity index (χ0v) is 11.4. The highest BCUT2D eigenvalue weighted by Crippen LogP contribution is 2.14. The van der Waals surface area contributed by atoms with Gasteiger partial charge in [0.25, 0.3) is 0 Å². The number of urea groups is 1. The van der Waals surface area contributed by atoms with Crippen molar-refractivity contribution in [1.82, 2.24) is 15.5 Å². The van der Waals surface area contributed by atoms with Gasteiger partial charge in [0.2, 0.25) is 5.13 Å². The third kappa shape index (κ3) is 3.97. The Hall–Kier alpha value is -2.06. The van der Waals surface area contributed by atoms with Gasteiger partial charge in [0, 0.05) is 6.54 Å². The number of hydrogen-bond donors (Lipinski definition) is 3. The number of rotatable bonds is 4. The first kappa shape index (κ1) is 14.4. The molecule has 1 aromatic carbocycles. The van der Waals surface area contributed by atoms with E-state index >= 15 is 0 Å². The van der Waals surface area contributed by atoms with E-state index in [9.17, 15) is 14.3 Å². The lowest BCUT2D eigenvalue weighted by Gasteiger charge is -2.12. The lowest BCUT2D eigenvalue weighted by Crippen LogP contribution is -2.32. The summed E-state index contributed by atoms with van der Waals surface area (Å²) in [4.78, 5) is 11.6. The van der Waals surface area contributed by atoms with Gasteiger partial charge in [-0.25, -0.2) is 9.18 Å². The Kier molecular flexibility index (Phi) is 4.59. The average Bonchev–Trinajstić information content (AvgIpc) is 2.82. The lowest BCUT2D eigenvalue weighted by atomic mass is 10.1. The van der Waals surface area contributed by atoms with Crippen molar-refractivity contribution in [3.8, 4) is 0 Å². The first-order chi connectivity index (χ1) is 9.54. The SMILES string of the molecule is Cc1nnc(NC(=O)NC[C@@H](O)c2ccc(F)cc2)s1. The Morgan fingerprint density at radius 1 is 1.40 bits per heavy atom. The second kappa shape index (κ2) is 6.40. The molecule has 106 valence electrons. The van der Waals surface area contributed by atoms with Gasteiger partial charge in [-0.05, 0) is 24.6 Å². The second-order valence-electron chi connectivity index (χ2n) is 4.03. The number of carbonyl (C=O) groups is 1. The molecule has 2 amide bonds. The number of nitrogens with one attached hydrogen (secondary N) is 2. The van der Waals surface area contributed by atoms with Gasteiger partial charge in [-0.2, -0.15) is 0 Å². The Balaban J connectivity index is 1.82. The number of carbonyl (C=O) groups excluding carboxylic acids is 1. The van der Waals surface area contributed by atoms with Crippen LogP contribution in [0.3, 0.4) is 0 Å². The quantitative estimate of drug-likeness (QED) is 0.803. The molecule has 0 fully saturated rings. The van der Waals surface area contributed by atoms with Gasteiger partial charge < -0.3 is 10.4 Å². The van der Waals surface area contributed by atoms with Crippen LogP contribution in [0, 0.1) is 12.7 Å². The molecule has 0 aliphatic heterocycles. The number of aromatic nitrogens is 2. The monoisotopic (exact) mass is 296 g/mol. The molecule has 8 heteroatoms. The Morgan fingerprint density at radius 3 is 2.70 bits per heavy atom. The highest BCUT2D eigenvalue weighted by Gasteiger charge is 2.10. The minimum absolute atomic E-state index is 0.00918. The summed E-state index contributed by atoms with van der Waals surface area (Å²) in [5.74, 6) is -0.377. The van der Waals surface area contributed by atoms with E-state index in [0.717, 1.165) is 5.01 Å². The molecule has 2 rings (SSSR count). The molecule has 0 aliphatic carbocycles. The number of hydrogen-bond acceptors (Lipinski definition) is 5. The van der Waals surface area contributed by atoms with Crippen LogP contribution in [0.25, 0.3) is 0 Å². The molecule has 0 spiro atoms. The Morgan fingerprint density at radius 2 is 2.10 bits per heavy atom. The topological polar surface area (TPSA) is 87.1 Å². The zero-order chi connectivity index (χ0) is 14.5. The van der Waals surface area contributed by atoms with Gasteiger partial charge in [-0.3, -0.25) is 5.32 Å². The number of anilines is 1. The molecule has 1 aromatic heterocycles. The molecule has 0 saturated carbocycles. The molecule has 20 heavy (non-hydrogen) atoms. The normalized spacial score (nSPS) is 11.9. The summed E-state index contributed by atoms with van der Waals surface area (Å²) in [6.45, 7) is 1.79. The maximum Gasteiger partial charge on any atom is 0.321 e. The third-order valence-corrected chi connectivity index (χ3v) is 3.21. The number of aliphatic hydroxyl groups excluding tert-OH is 1. The highest BCUT2D eigenvalue weighted by atomic mass is 32.1. The number of amides is 2. The first-order valence-electron chi connectivity index (χ1n) is 5.83. The van der Waals surface area contributed by atoms with Gasteiger partial charge in [0.1, 0.15) is 10.8 Å². The smallest absolute Gasteiger partial charge is 0.321 e. The number of nitrogens with zero attached hydrogens (tertiary/aromatic N) is 2. The summed E-state index contributed by atoms with van der Waals surface area (Å²) in [6, 6.07) is 4.95. The molecule has 0 unspecified atom stereocenters. The first-order valence-corrected chi connectivity index (χ1v) is 6.65. The van der Waals surface area contributed by atoms with Crippen LogP contribution in [0.1, 0.15) is 16.7 Å². The van der Waals surface area contributed by atoms with Crippen molar-refractivity contribution in [2.45, 2.75) is 13.0 Å².